The van der Waals surface area contributed by atoms with Crippen molar-refractivity contribution in [3.05, 3.63) is 16.9 Å². The Bertz CT molecular complexity index is 499. The van der Waals surface area contributed by atoms with E-state index in [9.17, 15) is 9.18 Å². The van der Waals surface area contributed by atoms with Crippen LogP contribution >= 0.6 is 11.6 Å². The number of anilines is 3. The third kappa shape index (κ3) is 3.88. The van der Waals surface area contributed by atoms with Gasteiger partial charge in [-0.15, -0.1) is 0 Å². The summed E-state index contributed by atoms with van der Waals surface area (Å²) in [6.45, 7) is 0.717. The topological polar surface area (TPSA) is 93.6 Å². The van der Waals surface area contributed by atoms with Gasteiger partial charge in [0.1, 0.15) is 5.02 Å². The van der Waals surface area contributed by atoms with Gasteiger partial charge in [-0.2, -0.15) is 0 Å². The SMILES string of the molecule is COCCNC(=O)CN(C)c1c(N)cc(N)c(Cl)c1F. The molecule has 0 atom stereocenters. The number of ether oxygens (including phenoxy) is 1. The number of rotatable bonds is 6. The summed E-state index contributed by atoms with van der Waals surface area (Å²) in [6, 6.07) is 1.36. The number of methoxy groups -OCH3 is 1. The second-order valence-electron chi connectivity index (χ2n) is 4.23. The zero-order valence-electron chi connectivity index (χ0n) is 11.4. The highest BCUT2D eigenvalue weighted by Crippen LogP contribution is 2.35. The lowest BCUT2D eigenvalue weighted by molar-refractivity contribution is -0.119. The lowest BCUT2D eigenvalue weighted by Gasteiger charge is -2.22. The maximum atomic E-state index is 14.0. The van der Waals surface area contributed by atoms with Crippen molar-refractivity contribution in [2.75, 3.05) is 50.2 Å². The molecule has 112 valence electrons. The molecule has 8 heteroatoms. The minimum Gasteiger partial charge on any atom is -0.397 e. The molecule has 0 spiro atoms. The monoisotopic (exact) mass is 304 g/mol. The van der Waals surface area contributed by atoms with E-state index in [0.29, 0.717) is 13.2 Å². The van der Waals surface area contributed by atoms with Gasteiger partial charge in [0, 0.05) is 20.7 Å². The third-order valence-corrected chi connectivity index (χ3v) is 3.01. The Kier molecular flexibility index (Phi) is 5.84. The molecular formula is C12H18ClFN4O2. The molecule has 0 aliphatic heterocycles. The number of nitrogens with one attached hydrogen (secondary N) is 1. The van der Waals surface area contributed by atoms with Crippen molar-refractivity contribution < 1.29 is 13.9 Å². The summed E-state index contributed by atoms with van der Waals surface area (Å²) in [6.07, 6.45) is 0. The van der Waals surface area contributed by atoms with E-state index in [1.165, 1.54) is 25.1 Å². The highest BCUT2D eigenvalue weighted by atomic mass is 35.5. The Hall–Kier alpha value is -1.73. The van der Waals surface area contributed by atoms with Crippen LogP contribution < -0.4 is 21.7 Å². The number of benzene rings is 1. The standard InChI is InChI=1S/C12H18ClFN4O2/c1-18(6-9(19)17-3-4-20-2)12-8(16)5-7(15)10(13)11(12)14/h5H,3-4,6,15-16H2,1-2H3,(H,17,19). The summed E-state index contributed by atoms with van der Waals surface area (Å²) in [7, 11) is 3.07. The van der Waals surface area contributed by atoms with Crippen LogP contribution in [0.15, 0.2) is 6.07 Å². The molecule has 1 rings (SSSR count). The number of hydrogen-bond donors (Lipinski definition) is 3. The van der Waals surface area contributed by atoms with Crippen LogP contribution in [0.1, 0.15) is 0 Å². The summed E-state index contributed by atoms with van der Waals surface area (Å²) in [4.78, 5) is 13.0. The van der Waals surface area contributed by atoms with Gasteiger partial charge in [-0.3, -0.25) is 4.79 Å². The second-order valence-corrected chi connectivity index (χ2v) is 4.61. The third-order valence-electron chi connectivity index (χ3n) is 2.63. The average molecular weight is 305 g/mol. The Labute approximate surface area is 121 Å². The summed E-state index contributed by atoms with van der Waals surface area (Å²) >= 11 is 5.74. The first-order valence-electron chi connectivity index (χ1n) is 5.88. The van der Waals surface area contributed by atoms with Crippen molar-refractivity contribution in [3.63, 3.8) is 0 Å². The van der Waals surface area contributed by atoms with Gasteiger partial charge in [0.2, 0.25) is 5.91 Å². The number of hydrogen-bond acceptors (Lipinski definition) is 5. The molecular weight excluding hydrogens is 287 g/mol. The van der Waals surface area contributed by atoms with Gasteiger partial charge in [-0.05, 0) is 6.07 Å². The number of likely N-dealkylation sites (N-methyl/N-ethyl adjacent to an activating group) is 1. The van der Waals surface area contributed by atoms with Crippen molar-refractivity contribution in [1.82, 2.24) is 5.32 Å². The van der Waals surface area contributed by atoms with Gasteiger partial charge in [0.25, 0.3) is 0 Å². The fourth-order valence-electron chi connectivity index (χ4n) is 1.69. The van der Waals surface area contributed by atoms with Crippen LogP contribution in [0, 0.1) is 5.82 Å². The van der Waals surface area contributed by atoms with E-state index < -0.39 is 5.82 Å². The quantitative estimate of drug-likeness (QED) is 0.535. The highest BCUT2D eigenvalue weighted by Gasteiger charge is 2.19. The molecule has 1 amide bonds. The lowest BCUT2D eigenvalue weighted by atomic mass is 10.2. The first-order valence-corrected chi connectivity index (χ1v) is 6.26. The van der Waals surface area contributed by atoms with Crippen LogP contribution in [0.3, 0.4) is 0 Å². The van der Waals surface area contributed by atoms with E-state index >= 15 is 0 Å². The first kappa shape index (κ1) is 16.3. The van der Waals surface area contributed by atoms with E-state index in [4.69, 9.17) is 27.8 Å². The maximum absolute atomic E-state index is 14.0. The molecule has 0 aliphatic carbocycles. The van der Waals surface area contributed by atoms with Crippen molar-refractivity contribution in [1.29, 1.82) is 0 Å². The number of nitrogen functional groups attached to an aromatic ring is 2. The first-order chi connectivity index (χ1) is 9.38. The molecule has 0 saturated carbocycles. The number of nitrogens with two attached hydrogens (primary N) is 2. The van der Waals surface area contributed by atoms with E-state index in [1.807, 2.05) is 0 Å². The molecule has 1 aromatic rings. The smallest absolute Gasteiger partial charge is 0.239 e. The van der Waals surface area contributed by atoms with E-state index in [1.54, 1.807) is 0 Å². The molecule has 6 nitrogen and oxygen atoms in total. The van der Waals surface area contributed by atoms with Crippen LogP contribution in [0.25, 0.3) is 0 Å². The molecule has 0 fully saturated rings. The van der Waals surface area contributed by atoms with Crippen LogP contribution in [0.5, 0.6) is 0 Å². The molecule has 1 aromatic carbocycles. The van der Waals surface area contributed by atoms with Gasteiger partial charge >= 0.3 is 0 Å². The number of carbonyl (C=O) groups excluding carboxylic acids is 1. The Morgan fingerprint density at radius 2 is 2.15 bits per heavy atom. The predicted molar refractivity (Wildman–Crippen MR) is 78.4 cm³/mol. The lowest BCUT2D eigenvalue weighted by Crippen LogP contribution is -2.37. The number of carbonyl (C=O) groups is 1. The van der Waals surface area contributed by atoms with Crippen LogP contribution in [-0.2, 0) is 9.53 Å². The molecule has 0 bridgehead atoms. The summed E-state index contributed by atoms with van der Waals surface area (Å²) in [5.74, 6) is -1.02. The highest BCUT2D eigenvalue weighted by molar-refractivity contribution is 6.33. The van der Waals surface area contributed by atoms with Crippen molar-refractivity contribution >= 4 is 34.6 Å². The van der Waals surface area contributed by atoms with Gasteiger partial charge in [0.05, 0.1) is 30.2 Å². The van der Waals surface area contributed by atoms with Gasteiger partial charge in [0.15, 0.2) is 5.82 Å². The summed E-state index contributed by atoms with van der Waals surface area (Å²) < 4.78 is 18.9. The van der Waals surface area contributed by atoms with E-state index in [0.717, 1.165) is 0 Å². The van der Waals surface area contributed by atoms with Crippen molar-refractivity contribution in [2.24, 2.45) is 0 Å². The zero-order chi connectivity index (χ0) is 15.3. The molecule has 0 aliphatic rings. The maximum Gasteiger partial charge on any atom is 0.239 e. The summed E-state index contributed by atoms with van der Waals surface area (Å²) in [5.41, 5.74) is 11.5. The molecule has 20 heavy (non-hydrogen) atoms. The van der Waals surface area contributed by atoms with Crippen LogP contribution in [0.2, 0.25) is 5.02 Å². The van der Waals surface area contributed by atoms with Gasteiger partial charge in [-0.1, -0.05) is 11.6 Å². The minimum absolute atomic E-state index is 0.0473. The van der Waals surface area contributed by atoms with Crippen molar-refractivity contribution in [3.8, 4) is 0 Å². The fraction of sp³-hybridized carbons (Fsp3) is 0.417. The Morgan fingerprint density at radius 1 is 1.50 bits per heavy atom. The Balaban J connectivity index is 2.80. The van der Waals surface area contributed by atoms with Gasteiger partial charge < -0.3 is 26.4 Å². The largest absolute Gasteiger partial charge is 0.397 e. The zero-order valence-corrected chi connectivity index (χ0v) is 12.1. The molecule has 0 radical (unpaired) electrons. The van der Waals surface area contributed by atoms with Crippen LogP contribution in [0.4, 0.5) is 21.5 Å². The average Bonchev–Trinajstić information content (AvgIpc) is 2.36. The van der Waals surface area contributed by atoms with Gasteiger partial charge in [-0.25, -0.2) is 4.39 Å². The number of halogens is 2. The van der Waals surface area contributed by atoms with E-state index in [-0.39, 0.29) is 34.5 Å². The molecule has 0 unspecified atom stereocenters. The number of amides is 1. The van der Waals surface area contributed by atoms with Crippen molar-refractivity contribution in [2.45, 2.75) is 0 Å². The molecule has 0 aromatic heterocycles. The second kappa shape index (κ2) is 7.16. The molecule has 0 heterocycles. The summed E-state index contributed by atoms with van der Waals surface area (Å²) in [5, 5.41) is 2.42. The Morgan fingerprint density at radius 3 is 2.75 bits per heavy atom. The normalized spacial score (nSPS) is 10.4. The fourth-order valence-corrected chi connectivity index (χ4v) is 1.83. The predicted octanol–water partition coefficient (Wildman–Crippen LogP) is 0.842. The molecule has 5 N–H and O–H groups in total. The van der Waals surface area contributed by atoms with E-state index in [2.05, 4.69) is 5.32 Å². The number of nitrogens with zero attached hydrogens (tertiary/aromatic N) is 1. The molecule has 0 saturated heterocycles. The van der Waals surface area contributed by atoms with Crippen LogP contribution in [-0.4, -0.2) is 39.8 Å². The minimum atomic E-state index is -0.739.